The molecular formula is C19H32O3. The molecule has 1 saturated heterocycles. The summed E-state index contributed by atoms with van der Waals surface area (Å²) in [7, 11) is 0. The lowest BCUT2D eigenvalue weighted by Gasteiger charge is -2.13. The van der Waals surface area contributed by atoms with Crippen molar-refractivity contribution in [3.05, 3.63) is 12.7 Å². The van der Waals surface area contributed by atoms with Crippen molar-refractivity contribution in [1.29, 1.82) is 0 Å². The van der Waals surface area contributed by atoms with Gasteiger partial charge in [0.2, 0.25) is 0 Å². The van der Waals surface area contributed by atoms with Crippen LogP contribution in [0, 0.1) is 5.92 Å². The lowest BCUT2D eigenvalue weighted by molar-refractivity contribution is -0.150. The van der Waals surface area contributed by atoms with Gasteiger partial charge in [-0.05, 0) is 19.3 Å². The molecule has 1 atom stereocenters. The number of allylic oxidation sites excluding steroid dienone is 1. The van der Waals surface area contributed by atoms with Crippen LogP contribution < -0.4 is 0 Å². The predicted molar refractivity (Wildman–Crippen MR) is 89.7 cm³/mol. The van der Waals surface area contributed by atoms with Gasteiger partial charge in [0.1, 0.15) is 5.78 Å². The van der Waals surface area contributed by atoms with Crippen LogP contribution in [0.1, 0.15) is 83.5 Å². The van der Waals surface area contributed by atoms with Crippen LogP contribution in [0.3, 0.4) is 0 Å². The Morgan fingerprint density at radius 1 is 0.909 bits per heavy atom. The van der Waals surface area contributed by atoms with Gasteiger partial charge in [-0.2, -0.15) is 0 Å². The first-order valence-corrected chi connectivity index (χ1v) is 9.03. The Bertz CT molecular complexity index is 336. The third kappa shape index (κ3) is 9.01. The summed E-state index contributed by atoms with van der Waals surface area (Å²) in [5, 5.41) is 0. The van der Waals surface area contributed by atoms with Gasteiger partial charge in [0.15, 0.2) is 0 Å². The number of hydrogen-bond acceptors (Lipinski definition) is 3. The summed E-state index contributed by atoms with van der Waals surface area (Å²) >= 11 is 0. The van der Waals surface area contributed by atoms with Crippen LogP contribution in [0.2, 0.25) is 0 Å². The molecule has 3 heteroatoms. The molecule has 0 radical (unpaired) electrons. The monoisotopic (exact) mass is 308 g/mol. The fraction of sp³-hybridized carbons (Fsp3) is 0.789. The Morgan fingerprint density at radius 3 is 2.05 bits per heavy atom. The molecule has 0 bridgehead atoms. The summed E-state index contributed by atoms with van der Waals surface area (Å²) in [5.74, 6) is -0.369. The summed E-state index contributed by atoms with van der Waals surface area (Å²) in [4.78, 5) is 24.1. The molecule has 0 saturated carbocycles. The summed E-state index contributed by atoms with van der Waals surface area (Å²) in [6, 6.07) is 0. The van der Waals surface area contributed by atoms with Crippen LogP contribution in [-0.2, 0) is 14.3 Å². The lowest BCUT2D eigenvalue weighted by Crippen LogP contribution is -2.21. The molecule has 0 amide bonds. The number of carbonyl (C=O) groups excluding carboxylic acids is 2. The van der Waals surface area contributed by atoms with Gasteiger partial charge in [-0.3, -0.25) is 9.59 Å². The smallest absolute Gasteiger partial charge is 0.309 e. The van der Waals surface area contributed by atoms with E-state index < -0.39 is 0 Å². The highest BCUT2D eigenvalue weighted by molar-refractivity contribution is 5.84. The van der Waals surface area contributed by atoms with E-state index in [1.807, 2.05) is 0 Å². The van der Waals surface area contributed by atoms with Gasteiger partial charge < -0.3 is 4.74 Å². The molecule has 22 heavy (non-hydrogen) atoms. The van der Waals surface area contributed by atoms with Crippen molar-refractivity contribution in [3.8, 4) is 0 Å². The molecule has 1 fully saturated rings. The summed E-state index contributed by atoms with van der Waals surface area (Å²) in [5.41, 5.74) is 0. The summed E-state index contributed by atoms with van der Waals surface area (Å²) in [6.45, 7) is 4.17. The van der Waals surface area contributed by atoms with E-state index in [-0.39, 0.29) is 17.7 Å². The molecule has 0 aliphatic carbocycles. The molecule has 126 valence electrons. The van der Waals surface area contributed by atoms with Crippen molar-refractivity contribution in [2.45, 2.75) is 83.5 Å². The zero-order valence-corrected chi connectivity index (χ0v) is 14.0. The van der Waals surface area contributed by atoms with Crippen molar-refractivity contribution in [1.82, 2.24) is 0 Å². The SMILES string of the molecule is C=CCC1CC(=O)CCCCCCCCCCCCOC1=O. The summed E-state index contributed by atoms with van der Waals surface area (Å²) in [6.07, 6.45) is 14.9. The fourth-order valence-corrected chi connectivity index (χ4v) is 2.97. The third-order valence-electron chi connectivity index (χ3n) is 4.35. The van der Waals surface area contributed by atoms with E-state index in [1.165, 1.54) is 38.5 Å². The van der Waals surface area contributed by atoms with Gasteiger partial charge in [-0.25, -0.2) is 0 Å². The second kappa shape index (κ2) is 12.4. The number of cyclic esters (lactones) is 1. The second-order valence-electron chi connectivity index (χ2n) is 6.42. The average molecular weight is 308 g/mol. The molecule has 1 aliphatic heterocycles. The topological polar surface area (TPSA) is 43.4 Å². The molecule has 1 unspecified atom stereocenters. The molecule has 1 heterocycles. The molecule has 0 aromatic rings. The molecule has 0 spiro atoms. The number of esters is 1. The van der Waals surface area contributed by atoms with Crippen LogP contribution >= 0.6 is 0 Å². The van der Waals surface area contributed by atoms with E-state index in [2.05, 4.69) is 6.58 Å². The van der Waals surface area contributed by atoms with Gasteiger partial charge in [-0.15, -0.1) is 6.58 Å². The van der Waals surface area contributed by atoms with Crippen LogP contribution in [0.15, 0.2) is 12.7 Å². The van der Waals surface area contributed by atoms with Crippen molar-refractivity contribution >= 4 is 11.8 Å². The first kappa shape index (κ1) is 18.9. The van der Waals surface area contributed by atoms with Crippen LogP contribution in [-0.4, -0.2) is 18.4 Å². The molecule has 0 aromatic carbocycles. The number of hydrogen-bond donors (Lipinski definition) is 0. The standard InChI is InChI=1S/C19H32O3/c1-2-13-17-16-18(20)14-11-9-7-5-3-4-6-8-10-12-15-22-19(17)21/h2,17H,1,3-16H2. The Hall–Kier alpha value is -1.12. The Morgan fingerprint density at radius 2 is 1.45 bits per heavy atom. The highest BCUT2D eigenvalue weighted by atomic mass is 16.5. The minimum atomic E-state index is -0.333. The molecular weight excluding hydrogens is 276 g/mol. The zero-order chi connectivity index (χ0) is 16.0. The zero-order valence-electron chi connectivity index (χ0n) is 14.0. The van der Waals surface area contributed by atoms with Crippen LogP contribution in [0.4, 0.5) is 0 Å². The van der Waals surface area contributed by atoms with Crippen molar-refractivity contribution < 1.29 is 14.3 Å². The number of ketones is 1. The van der Waals surface area contributed by atoms with E-state index >= 15 is 0 Å². The largest absolute Gasteiger partial charge is 0.465 e. The van der Waals surface area contributed by atoms with E-state index in [9.17, 15) is 9.59 Å². The van der Waals surface area contributed by atoms with Gasteiger partial charge in [-0.1, -0.05) is 57.4 Å². The lowest BCUT2D eigenvalue weighted by atomic mass is 9.96. The Labute approximate surface area is 135 Å². The third-order valence-corrected chi connectivity index (χ3v) is 4.35. The highest BCUT2D eigenvalue weighted by Gasteiger charge is 2.21. The van der Waals surface area contributed by atoms with Crippen molar-refractivity contribution in [3.63, 3.8) is 0 Å². The summed E-state index contributed by atoms with van der Waals surface area (Å²) < 4.78 is 5.34. The number of Topliss-reactive ketones (excluding diaryl/α,β-unsaturated/α-hetero) is 1. The highest BCUT2D eigenvalue weighted by Crippen LogP contribution is 2.17. The Balaban J connectivity index is 2.46. The quantitative estimate of drug-likeness (QED) is 0.533. The second-order valence-corrected chi connectivity index (χ2v) is 6.42. The first-order chi connectivity index (χ1) is 10.7. The molecule has 1 rings (SSSR count). The minimum absolute atomic E-state index is 0.188. The number of rotatable bonds is 2. The molecule has 0 N–H and O–H groups in total. The molecule has 0 aromatic heterocycles. The maximum atomic E-state index is 12.1. The predicted octanol–water partition coefficient (Wildman–Crippen LogP) is 4.99. The van der Waals surface area contributed by atoms with Crippen LogP contribution in [0.5, 0.6) is 0 Å². The van der Waals surface area contributed by atoms with E-state index in [1.54, 1.807) is 6.08 Å². The van der Waals surface area contributed by atoms with Gasteiger partial charge >= 0.3 is 5.97 Å². The van der Waals surface area contributed by atoms with Crippen molar-refractivity contribution in [2.75, 3.05) is 6.61 Å². The maximum absolute atomic E-state index is 12.1. The first-order valence-electron chi connectivity index (χ1n) is 9.03. The van der Waals surface area contributed by atoms with Crippen LogP contribution in [0.25, 0.3) is 0 Å². The average Bonchev–Trinajstić information content (AvgIpc) is 2.50. The van der Waals surface area contributed by atoms with E-state index in [0.29, 0.717) is 25.9 Å². The maximum Gasteiger partial charge on any atom is 0.309 e. The molecule has 1 aliphatic rings. The van der Waals surface area contributed by atoms with Gasteiger partial charge in [0.05, 0.1) is 12.5 Å². The number of carbonyl (C=O) groups is 2. The van der Waals surface area contributed by atoms with Gasteiger partial charge in [0.25, 0.3) is 0 Å². The Kier molecular flexibility index (Phi) is 10.7. The molecule has 3 nitrogen and oxygen atoms in total. The minimum Gasteiger partial charge on any atom is -0.465 e. The van der Waals surface area contributed by atoms with Crippen molar-refractivity contribution in [2.24, 2.45) is 5.92 Å². The normalized spacial score (nSPS) is 24.3. The van der Waals surface area contributed by atoms with E-state index in [4.69, 9.17) is 4.74 Å². The number of ether oxygens (including phenoxy) is 1. The fourth-order valence-electron chi connectivity index (χ4n) is 2.97. The van der Waals surface area contributed by atoms with Gasteiger partial charge in [0, 0.05) is 12.8 Å². The van der Waals surface area contributed by atoms with E-state index in [0.717, 1.165) is 25.7 Å².